The number of anilines is 1. The van der Waals surface area contributed by atoms with E-state index in [1.165, 1.54) is 21.3 Å². The van der Waals surface area contributed by atoms with Crippen LogP contribution in [-0.2, 0) is 9.53 Å². The van der Waals surface area contributed by atoms with Gasteiger partial charge in [0.1, 0.15) is 11.8 Å². The summed E-state index contributed by atoms with van der Waals surface area (Å²) in [7, 11) is 5.84. The van der Waals surface area contributed by atoms with Crippen molar-refractivity contribution >= 4 is 39.4 Å². The minimum absolute atomic E-state index is 0.265. The van der Waals surface area contributed by atoms with E-state index in [1.54, 1.807) is 43.5 Å². The number of methoxy groups -OCH3 is 4. The topological polar surface area (TPSA) is 98.1 Å². The quantitative estimate of drug-likeness (QED) is 0.261. The molecule has 0 aromatic heterocycles. The van der Waals surface area contributed by atoms with Crippen molar-refractivity contribution in [3.05, 3.63) is 87.9 Å². The van der Waals surface area contributed by atoms with Gasteiger partial charge in [0.25, 0.3) is 0 Å². The number of hydrogen-bond acceptors (Lipinski definition) is 8. The summed E-state index contributed by atoms with van der Waals surface area (Å²) in [5, 5.41) is 10.8. The van der Waals surface area contributed by atoms with Gasteiger partial charge in [-0.1, -0.05) is 36.4 Å². The largest absolute Gasteiger partial charge is 0.496 e. The highest BCUT2D eigenvalue weighted by Gasteiger charge is 2.67. The fourth-order valence-corrected chi connectivity index (χ4v) is 6.49. The van der Waals surface area contributed by atoms with E-state index < -0.39 is 29.4 Å². The first kappa shape index (κ1) is 27.3. The number of rotatable bonds is 7. The highest BCUT2D eigenvalue weighted by atomic mass is 79.9. The lowest BCUT2D eigenvalue weighted by atomic mass is 9.68. The van der Waals surface area contributed by atoms with E-state index >= 15 is 0 Å². The van der Waals surface area contributed by atoms with Gasteiger partial charge in [0.05, 0.1) is 45.0 Å². The van der Waals surface area contributed by atoms with Crippen molar-refractivity contribution in [1.29, 1.82) is 5.26 Å². The molecule has 0 amide bonds. The van der Waals surface area contributed by atoms with Gasteiger partial charge in [0.2, 0.25) is 0 Å². The Bertz CT molecular complexity index is 1560. The minimum atomic E-state index is -1.76. The summed E-state index contributed by atoms with van der Waals surface area (Å²) < 4.78 is 22.3. The second kappa shape index (κ2) is 10.7. The van der Waals surface area contributed by atoms with Gasteiger partial charge in [-0.05, 0) is 63.5 Å². The Labute approximate surface area is 240 Å². The lowest BCUT2D eigenvalue weighted by Gasteiger charge is -2.36. The van der Waals surface area contributed by atoms with Crippen LogP contribution in [0.3, 0.4) is 0 Å². The first-order chi connectivity index (χ1) is 19.4. The molecule has 2 aliphatic rings. The van der Waals surface area contributed by atoms with Crippen molar-refractivity contribution in [2.24, 2.45) is 5.41 Å². The minimum Gasteiger partial charge on any atom is -0.496 e. The van der Waals surface area contributed by atoms with E-state index in [2.05, 4.69) is 22.0 Å². The van der Waals surface area contributed by atoms with Gasteiger partial charge in [0, 0.05) is 17.2 Å². The summed E-state index contributed by atoms with van der Waals surface area (Å²) in [5.41, 5.74) is 0.815. The molecule has 0 radical (unpaired) electrons. The lowest BCUT2D eigenvalue weighted by molar-refractivity contribution is -0.150. The van der Waals surface area contributed by atoms with Crippen LogP contribution < -0.4 is 19.1 Å². The molecule has 1 saturated heterocycles. The summed E-state index contributed by atoms with van der Waals surface area (Å²) >= 11 is 3.49. The van der Waals surface area contributed by atoms with Crippen LogP contribution in [0.15, 0.2) is 71.2 Å². The van der Waals surface area contributed by atoms with E-state index in [-0.39, 0.29) is 5.78 Å². The molecule has 40 heavy (non-hydrogen) atoms. The number of hydrogen-bond donors (Lipinski definition) is 0. The molecule has 3 aromatic rings. The molecule has 0 unspecified atom stereocenters. The molecule has 9 heteroatoms. The number of carbonyl (C=O) groups is 2. The number of carbonyl (C=O) groups excluding carboxylic acids is 2. The van der Waals surface area contributed by atoms with Gasteiger partial charge >= 0.3 is 5.97 Å². The van der Waals surface area contributed by atoms with Crippen molar-refractivity contribution in [2.45, 2.75) is 18.0 Å². The Kier molecular flexibility index (Phi) is 7.30. The second-order valence-electron chi connectivity index (χ2n) is 9.49. The number of nitrogens with zero attached hydrogens (tertiary/aromatic N) is 2. The molecule has 0 spiro atoms. The van der Waals surface area contributed by atoms with Crippen LogP contribution in [-0.4, -0.2) is 52.3 Å². The third-order valence-corrected chi connectivity index (χ3v) is 8.34. The van der Waals surface area contributed by atoms with Crippen molar-refractivity contribution in [2.75, 3.05) is 33.3 Å². The number of benzene rings is 3. The molecular weight excluding hydrogens is 576 g/mol. The average Bonchev–Trinajstić information content (AvgIpc) is 3.31. The van der Waals surface area contributed by atoms with Crippen LogP contribution in [0.25, 0.3) is 6.08 Å². The van der Waals surface area contributed by atoms with E-state index in [1.807, 2.05) is 41.3 Å². The maximum Gasteiger partial charge on any atom is 0.329 e. The van der Waals surface area contributed by atoms with Gasteiger partial charge in [0.15, 0.2) is 22.7 Å². The van der Waals surface area contributed by atoms with Gasteiger partial charge < -0.3 is 23.8 Å². The molecule has 3 aromatic carbocycles. The average molecular weight is 603 g/mol. The number of Topliss-reactive ketones (excluding diaryl/α,β-unsaturated/α-hetero) is 1. The fourth-order valence-electron chi connectivity index (χ4n) is 5.95. The number of halogens is 1. The Hall–Kier alpha value is -4.29. The molecule has 0 aliphatic carbocycles. The van der Waals surface area contributed by atoms with Crippen LogP contribution in [0.5, 0.6) is 17.2 Å². The molecule has 0 saturated carbocycles. The number of para-hydroxylation sites is 1. The van der Waals surface area contributed by atoms with E-state index in [0.717, 1.165) is 11.3 Å². The molecule has 0 bridgehead atoms. The fraction of sp³-hybridized carbons (Fsp3) is 0.258. The maximum atomic E-state index is 14.6. The first-order valence-corrected chi connectivity index (χ1v) is 13.3. The van der Waals surface area contributed by atoms with Crippen molar-refractivity contribution in [3.8, 4) is 23.3 Å². The highest BCUT2D eigenvalue weighted by Crippen LogP contribution is 2.57. The number of ether oxygens (including phenoxy) is 4. The van der Waals surface area contributed by atoms with E-state index in [4.69, 9.17) is 18.9 Å². The SMILES string of the molecule is COC(=O)[C@]1(C#N)[C@H](c2ccc(OC)c(OC)c2)[C@H](C(=O)c2ccc(OC)c(Br)c2)N2c3ccccc3C=C[C@@H]21. The first-order valence-electron chi connectivity index (χ1n) is 12.5. The molecule has 0 N–H and O–H groups in total. The summed E-state index contributed by atoms with van der Waals surface area (Å²) in [6.45, 7) is 0. The Morgan fingerprint density at radius 1 is 0.925 bits per heavy atom. The summed E-state index contributed by atoms with van der Waals surface area (Å²) in [6, 6.07) is 18.5. The number of esters is 1. The highest BCUT2D eigenvalue weighted by molar-refractivity contribution is 9.10. The third kappa shape index (κ3) is 4.02. The van der Waals surface area contributed by atoms with Crippen LogP contribution in [0, 0.1) is 16.7 Å². The Balaban J connectivity index is 1.81. The molecule has 8 nitrogen and oxygen atoms in total. The normalized spacial score (nSPS) is 22.5. The van der Waals surface area contributed by atoms with Crippen molar-refractivity contribution in [3.63, 3.8) is 0 Å². The zero-order valence-electron chi connectivity index (χ0n) is 22.4. The van der Waals surface area contributed by atoms with Gasteiger partial charge in [-0.25, -0.2) is 0 Å². The zero-order chi connectivity index (χ0) is 28.6. The Morgan fingerprint density at radius 2 is 1.62 bits per heavy atom. The van der Waals surface area contributed by atoms with Gasteiger partial charge in [-0.15, -0.1) is 0 Å². The zero-order valence-corrected chi connectivity index (χ0v) is 24.0. The van der Waals surface area contributed by atoms with Crippen LogP contribution in [0.2, 0.25) is 0 Å². The summed E-state index contributed by atoms with van der Waals surface area (Å²) in [6.07, 6.45) is 3.70. The van der Waals surface area contributed by atoms with E-state index in [9.17, 15) is 14.9 Å². The summed E-state index contributed by atoms with van der Waals surface area (Å²) in [5.74, 6) is -0.451. The molecule has 2 heterocycles. The van der Waals surface area contributed by atoms with Crippen molar-refractivity contribution in [1.82, 2.24) is 0 Å². The smallest absolute Gasteiger partial charge is 0.329 e. The van der Waals surface area contributed by atoms with E-state index in [0.29, 0.717) is 32.8 Å². The van der Waals surface area contributed by atoms with Crippen LogP contribution >= 0.6 is 15.9 Å². The predicted octanol–water partition coefficient (Wildman–Crippen LogP) is 5.41. The van der Waals surface area contributed by atoms with Crippen LogP contribution in [0.1, 0.15) is 27.4 Å². The standard InChI is InChI=1S/C31H27BrN2O6/c1-37-23-12-10-20(15-21(23)32)29(35)28-27(19-9-13-24(38-2)25(16-19)39-3)31(17-33,30(36)40-4)26-14-11-18-7-5-6-8-22(18)34(26)28/h5-16,26-28H,1-4H3/t26-,27-,28-,31+/m1/s1. The second-order valence-corrected chi connectivity index (χ2v) is 10.3. The maximum absolute atomic E-state index is 14.6. The third-order valence-electron chi connectivity index (χ3n) is 7.73. The molecule has 4 atom stereocenters. The molecule has 5 rings (SSSR count). The van der Waals surface area contributed by atoms with Crippen LogP contribution in [0.4, 0.5) is 5.69 Å². The molecule has 2 aliphatic heterocycles. The lowest BCUT2D eigenvalue weighted by Crippen LogP contribution is -2.46. The van der Waals surface area contributed by atoms with Crippen molar-refractivity contribution < 1.29 is 28.5 Å². The summed E-state index contributed by atoms with van der Waals surface area (Å²) in [4.78, 5) is 30.2. The van der Waals surface area contributed by atoms with Gasteiger partial charge in [-0.2, -0.15) is 5.26 Å². The number of nitriles is 1. The number of ketones is 1. The molecular formula is C31H27BrN2O6. The van der Waals surface area contributed by atoms with Gasteiger partial charge in [-0.3, -0.25) is 9.59 Å². The number of fused-ring (bicyclic) bond motifs is 3. The predicted molar refractivity (Wildman–Crippen MR) is 153 cm³/mol. The molecule has 204 valence electrons. The monoisotopic (exact) mass is 602 g/mol. The Morgan fingerprint density at radius 3 is 2.27 bits per heavy atom. The molecule has 1 fully saturated rings.